The normalized spacial score (nSPS) is 15.4. The molecule has 5 nitrogen and oxygen atoms in total. The molecular formula is C25H29N2O3S+. The van der Waals surface area contributed by atoms with Crippen LogP contribution in [0.1, 0.15) is 39.3 Å². The van der Waals surface area contributed by atoms with Crippen LogP contribution in [-0.4, -0.2) is 39.3 Å². The van der Waals surface area contributed by atoms with E-state index in [1.54, 1.807) is 18.4 Å². The number of benzene rings is 2. The Balaban J connectivity index is 1.72. The summed E-state index contributed by atoms with van der Waals surface area (Å²) in [6.07, 6.45) is 0.937. The highest BCUT2D eigenvalue weighted by Crippen LogP contribution is 2.35. The second-order valence-electron chi connectivity index (χ2n) is 7.65. The van der Waals surface area contributed by atoms with Crippen molar-refractivity contribution in [2.24, 2.45) is 0 Å². The molecule has 2 heterocycles. The SMILES string of the molecule is CCc1cc(C(c2ccc(OC)cc2)[NH+]2CCOCC2)c(NC(=O)c2ccccc2)s1. The van der Waals surface area contributed by atoms with E-state index in [0.29, 0.717) is 5.56 Å². The molecule has 0 radical (unpaired) electrons. The summed E-state index contributed by atoms with van der Waals surface area (Å²) in [5.74, 6) is 0.772. The molecular weight excluding hydrogens is 408 g/mol. The first-order valence-electron chi connectivity index (χ1n) is 10.7. The Hall–Kier alpha value is -2.67. The lowest BCUT2D eigenvalue weighted by atomic mass is 9.97. The van der Waals surface area contributed by atoms with Gasteiger partial charge in [-0.25, -0.2) is 0 Å². The van der Waals surface area contributed by atoms with Gasteiger partial charge in [0.2, 0.25) is 0 Å². The average molecular weight is 438 g/mol. The van der Waals surface area contributed by atoms with Crippen LogP contribution in [0.5, 0.6) is 5.75 Å². The van der Waals surface area contributed by atoms with E-state index in [0.717, 1.165) is 43.5 Å². The van der Waals surface area contributed by atoms with Crippen molar-refractivity contribution in [3.63, 3.8) is 0 Å². The number of methoxy groups -OCH3 is 1. The van der Waals surface area contributed by atoms with E-state index < -0.39 is 0 Å². The predicted molar refractivity (Wildman–Crippen MR) is 124 cm³/mol. The van der Waals surface area contributed by atoms with E-state index in [1.165, 1.54) is 20.9 Å². The summed E-state index contributed by atoms with van der Waals surface area (Å²) in [4.78, 5) is 15.7. The van der Waals surface area contributed by atoms with E-state index in [4.69, 9.17) is 9.47 Å². The van der Waals surface area contributed by atoms with Crippen molar-refractivity contribution in [1.82, 2.24) is 0 Å². The van der Waals surface area contributed by atoms with Crippen LogP contribution in [0.3, 0.4) is 0 Å². The predicted octanol–water partition coefficient (Wildman–Crippen LogP) is 3.58. The van der Waals surface area contributed by atoms with Crippen molar-refractivity contribution in [1.29, 1.82) is 0 Å². The minimum absolute atomic E-state index is 0.0724. The Kier molecular flexibility index (Phi) is 7.02. The topological polar surface area (TPSA) is 52.0 Å². The number of amides is 1. The number of carbonyl (C=O) groups excluding carboxylic acids is 1. The van der Waals surface area contributed by atoms with Crippen LogP contribution in [0.2, 0.25) is 0 Å². The summed E-state index contributed by atoms with van der Waals surface area (Å²) in [5.41, 5.74) is 3.06. The number of hydrogen-bond donors (Lipinski definition) is 2. The lowest BCUT2D eigenvalue weighted by Gasteiger charge is -2.32. The Morgan fingerprint density at radius 2 is 1.84 bits per heavy atom. The molecule has 1 amide bonds. The monoisotopic (exact) mass is 437 g/mol. The molecule has 0 spiro atoms. The highest BCUT2D eigenvalue weighted by molar-refractivity contribution is 7.16. The Morgan fingerprint density at radius 3 is 2.48 bits per heavy atom. The molecule has 1 aliphatic rings. The number of aryl methyl sites for hydroxylation is 1. The van der Waals surface area contributed by atoms with Crippen molar-refractivity contribution in [2.45, 2.75) is 19.4 Å². The van der Waals surface area contributed by atoms with Gasteiger partial charge in [-0.05, 0) is 48.9 Å². The fraction of sp³-hybridized carbons (Fsp3) is 0.320. The third-order valence-electron chi connectivity index (χ3n) is 5.73. The van der Waals surface area contributed by atoms with Gasteiger partial charge in [-0.3, -0.25) is 4.79 Å². The van der Waals surface area contributed by atoms with Gasteiger partial charge >= 0.3 is 0 Å². The van der Waals surface area contributed by atoms with Gasteiger partial charge in [-0.1, -0.05) is 25.1 Å². The van der Waals surface area contributed by atoms with Crippen molar-refractivity contribution in [2.75, 3.05) is 38.7 Å². The first-order chi connectivity index (χ1) is 15.2. The van der Waals surface area contributed by atoms with Crippen LogP contribution in [-0.2, 0) is 11.2 Å². The number of quaternary nitrogens is 1. The van der Waals surface area contributed by atoms with Crippen molar-refractivity contribution in [3.8, 4) is 5.75 Å². The molecule has 0 aliphatic carbocycles. The van der Waals surface area contributed by atoms with E-state index in [2.05, 4.69) is 30.4 Å². The largest absolute Gasteiger partial charge is 0.497 e. The van der Waals surface area contributed by atoms with Gasteiger partial charge < -0.3 is 19.7 Å². The number of rotatable bonds is 7. The summed E-state index contributed by atoms with van der Waals surface area (Å²) in [7, 11) is 1.68. The molecule has 3 aromatic rings. The maximum Gasteiger partial charge on any atom is 0.256 e. The average Bonchev–Trinajstić information content (AvgIpc) is 3.23. The van der Waals surface area contributed by atoms with Crippen LogP contribution in [0.25, 0.3) is 0 Å². The van der Waals surface area contributed by atoms with Crippen LogP contribution in [0.15, 0.2) is 60.7 Å². The quantitative estimate of drug-likeness (QED) is 0.594. The van der Waals surface area contributed by atoms with E-state index in [-0.39, 0.29) is 11.9 Å². The molecule has 31 heavy (non-hydrogen) atoms. The summed E-state index contributed by atoms with van der Waals surface area (Å²) >= 11 is 1.68. The number of morpholine rings is 1. The summed E-state index contributed by atoms with van der Waals surface area (Å²) in [5, 5.41) is 4.14. The molecule has 6 heteroatoms. The zero-order valence-corrected chi connectivity index (χ0v) is 18.8. The van der Waals surface area contributed by atoms with Gasteiger partial charge in [0.25, 0.3) is 5.91 Å². The van der Waals surface area contributed by atoms with Crippen LogP contribution in [0, 0.1) is 0 Å². The van der Waals surface area contributed by atoms with Gasteiger partial charge in [-0.2, -0.15) is 0 Å². The third kappa shape index (κ3) is 4.98. The Bertz CT molecular complexity index is 995. The zero-order chi connectivity index (χ0) is 21.6. The van der Waals surface area contributed by atoms with Gasteiger partial charge in [0.15, 0.2) is 0 Å². The lowest BCUT2D eigenvalue weighted by molar-refractivity contribution is -0.933. The maximum atomic E-state index is 12.9. The van der Waals surface area contributed by atoms with Crippen LogP contribution >= 0.6 is 11.3 Å². The number of thiophene rings is 1. The Morgan fingerprint density at radius 1 is 1.13 bits per heavy atom. The van der Waals surface area contributed by atoms with Crippen molar-refractivity contribution in [3.05, 3.63) is 82.2 Å². The molecule has 1 saturated heterocycles. The highest BCUT2D eigenvalue weighted by atomic mass is 32.1. The third-order valence-corrected chi connectivity index (χ3v) is 6.94. The van der Waals surface area contributed by atoms with Gasteiger partial charge in [0.1, 0.15) is 29.9 Å². The molecule has 1 aliphatic heterocycles. The van der Waals surface area contributed by atoms with Crippen molar-refractivity contribution < 1.29 is 19.2 Å². The number of ether oxygens (including phenoxy) is 2. The first-order valence-corrected chi connectivity index (χ1v) is 11.6. The number of anilines is 1. The van der Waals surface area contributed by atoms with Gasteiger partial charge in [0.05, 0.1) is 20.3 Å². The summed E-state index contributed by atoms with van der Waals surface area (Å²) in [6, 6.07) is 20.1. The van der Waals surface area contributed by atoms with Crippen LogP contribution < -0.4 is 15.0 Å². The number of nitrogens with one attached hydrogen (secondary N) is 2. The molecule has 162 valence electrons. The summed E-state index contributed by atoms with van der Waals surface area (Å²) in [6.45, 7) is 5.51. The molecule has 0 bridgehead atoms. The smallest absolute Gasteiger partial charge is 0.256 e. The van der Waals surface area contributed by atoms with Gasteiger partial charge in [0, 0.05) is 21.6 Å². The molecule has 2 aromatic carbocycles. The zero-order valence-electron chi connectivity index (χ0n) is 18.0. The maximum absolute atomic E-state index is 12.9. The second-order valence-corrected chi connectivity index (χ2v) is 8.78. The molecule has 1 fully saturated rings. The fourth-order valence-corrected chi connectivity index (χ4v) is 5.09. The van der Waals surface area contributed by atoms with E-state index in [9.17, 15) is 4.79 Å². The molecule has 1 unspecified atom stereocenters. The lowest BCUT2D eigenvalue weighted by Crippen LogP contribution is -3.14. The van der Waals surface area contributed by atoms with Crippen molar-refractivity contribution >= 4 is 22.2 Å². The molecule has 1 aromatic heterocycles. The van der Waals surface area contributed by atoms with Gasteiger partial charge in [-0.15, -0.1) is 11.3 Å². The fourth-order valence-electron chi connectivity index (χ4n) is 4.06. The molecule has 2 N–H and O–H groups in total. The van der Waals surface area contributed by atoms with Crippen LogP contribution in [0.4, 0.5) is 5.00 Å². The van der Waals surface area contributed by atoms with E-state index in [1.807, 2.05) is 42.5 Å². The second kappa shape index (κ2) is 10.1. The first kappa shape index (κ1) is 21.6. The summed E-state index contributed by atoms with van der Waals surface area (Å²) < 4.78 is 11.0. The minimum Gasteiger partial charge on any atom is -0.497 e. The number of carbonyl (C=O) groups is 1. The molecule has 1 atom stereocenters. The van der Waals surface area contributed by atoms with E-state index >= 15 is 0 Å². The molecule has 0 saturated carbocycles. The highest BCUT2D eigenvalue weighted by Gasteiger charge is 2.32. The minimum atomic E-state index is -0.0724. The standard InChI is InChI=1S/C25H28N2O3S/c1-3-21-17-22(25(31-21)26-24(28)19-7-5-4-6-8-19)23(27-13-15-30-16-14-27)18-9-11-20(29-2)12-10-18/h4-12,17,23H,3,13-16H2,1-2H3,(H,26,28)/p+1. The molecule has 4 rings (SSSR count). The number of hydrogen-bond acceptors (Lipinski definition) is 4. The Labute approximate surface area is 187 Å².